The van der Waals surface area contributed by atoms with Gasteiger partial charge in [-0.15, -0.1) is 0 Å². The van der Waals surface area contributed by atoms with Crippen LogP contribution in [0.3, 0.4) is 0 Å². The van der Waals surface area contributed by atoms with Crippen LogP contribution in [0, 0.1) is 0 Å². The third-order valence-electron chi connectivity index (χ3n) is 4.30. The van der Waals surface area contributed by atoms with Crippen molar-refractivity contribution < 1.29 is 9.84 Å². The van der Waals surface area contributed by atoms with Crippen LogP contribution >= 0.6 is 0 Å². The molecule has 0 saturated heterocycles. The van der Waals surface area contributed by atoms with Crippen molar-refractivity contribution in [1.29, 1.82) is 0 Å². The topological polar surface area (TPSA) is 79.9 Å². The van der Waals surface area contributed by atoms with E-state index in [0.29, 0.717) is 5.92 Å². The van der Waals surface area contributed by atoms with Crippen LogP contribution in [0.5, 0.6) is 5.75 Å². The molecule has 25 heavy (non-hydrogen) atoms. The van der Waals surface area contributed by atoms with E-state index in [1.165, 1.54) is 5.56 Å². The molecule has 0 aliphatic rings. The average molecular weight is 341 g/mol. The van der Waals surface area contributed by atoms with Crippen LogP contribution in [0.25, 0.3) is 0 Å². The first-order chi connectivity index (χ1) is 12.0. The van der Waals surface area contributed by atoms with Crippen molar-refractivity contribution in [2.75, 3.05) is 19.0 Å². The van der Waals surface area contributed by atoms with E-state index in [1.807, 2.05) is 36.4 Å². The van der Waals surface area contributed by atoms with Crippen molar-refractivity contribution in [2.45, 2.75) is 32.3 Å². The molecule has 134 valence electrons. The summed E-state index contributed by atoms with van der Waals surface area (Å²) < 4.78 is 5.10. The largest absolute Gasteiger partial charge is 0.497 e. The second-order valence-corrected chi connectivity index (χ2v) is 6.07. The SMILES string of the molecule is CCC(C)c1ccc(NC(N)=NCC(O)c2ccc(OC)cc2)cc1. The number of methoxy groups -OCH3 is 1. The third kappa shape index (κ3) is 5.50. The highest BCUT2D eigenvalue weighted by Gasteiger charge is 2.07. The number of aliphatic hydroxyl groups is 1. The first-order valence-corrected chi connectivity index (χ1v) is 8.52. The van der Waals surface area contributed by atoms with E-state index in [1.54, 1.807) is 7.11 Å². The van der Waals surface area contributed by atoms with Gasteiger partial charge in [0.05, 0.1) is 19.8 Å². The van der Waals surface area contributed by atoms with Gasteiger partial charge in [0.1, 0.15) is 5.75 Å². The van der Waals surface area contributed by atoms with Crippen molar-refractivity contribution in [3.63, 3.8) is 0 Å². The summed E-state index contributed by atoms with van der Waals surface area (Å²) >= 11 is 0. The predicted molar refractivity (Wildman–Crippen MR) is 103 cm³/mol. The zero-order valence-corrected chi connectivity index (χ0v) is 15.1. The molecule has 0 spiro atoms. The van der Waals surface area contributed by atoms with E-state index < -0.39 is 6.10 Å². The lowest BCUT2D eigenvalue weighted by Crippen LogP contribution is -2.23. The Morgan fingerprint density at radius 1 is 1.12 bits per heavy atom. The standard InChI is InChI=1S/C20H27N3O2/c1-4-14(2)15-5-9-17(10-6-15)23-20(21)22-13-19(24)16-7-11-18(25-3)12-8-16/h5-12,14,19,24H,4,13H2,1-3H3,(H3,21,22,23). The molecule has 2 atom stereocenters. The van der Waals surface area contributed by atoms with Gasteiger partial charge in [-0.1, -0.05) is 38.1 Å². The number of hydrogen-bond acceptors (Lipinski definition) is 3. The van der Waals surface area contributed by atoms with E-state index in [0.717, 1.165) is 23.4 Å². The van der Waals surface area contributed by atoms with Gasteiger partial charge < -0.3 is 20.9 Å². The molecule has 2 aromatic carbocycles. The molecule has 0 bridgehead atoms. The zero-order chi connectivity index (χ0) is 18.2. The summed E-state index contributed by atoms with van der Waals surface area (Å²) in [6.45, 7) is 4.57. The van der Waals surface area contributed by atoms with Crippen molar-refractivity contribution in [3.8, 4) is 5.75 Å². The van der Waals surface area contributed by atoms with Crippen LogP contribution in [0.1, 0.15) is 43.4 Å². The molecule has 0 aromatic heterocycles. The van der Waals surface area contributed by atoms with Gasteiger partial charge in [0, 0.05) is 5.69 Å². The number of ether oxygens (including phenoxy) is 1. The van der Waals surface area contributed by atoms with Crippen molar-refractivity contribution in [3.05, 3.63) is 59.7 Å². The van der Waals surface area contributed by atoms with Gasteiger partial charge >= 0.3 is 0 Å². The van der Waals surface area contributed by atoms with E-state index in [4.69, 9.17) is 10.5 Å². The summed E-state index contributed by atoms with van der Waals surface area (Å²) in [7, 11) is 1.61. The van der Waals surface area contributed by atoms with E-state index >= 15 is 0 Å². The van der Waals surface area contributed by atoms with Crippen LogP contribution < -0.4 is 15.8 Å². The number of nitrogens with one attached hydrogen (secondary N) is 1. The molecule has 4 N–H and O–H groups in total. The summed E-state index contributed by atoms with van der Waals surface area (Å²) in [5.74, 6) is 1.57. The van der Waals surface area contributed by atoms with Gasteiger partial charge in [-0.05, 0) is 47.7 Å². The Bertz CT molecular complexity index is 681. The third-order valence-corrected chi connectivity index (χ3v) is 4.30. The van der Waals surface area contributed by atoms with Crippen LogP contribution in [0.4, 0.5) is 5.69 Å². The summed E-state index contributed by atoms with van der Waals surface area (Å²) in [5, 5.41) is 13.2. The Morgan fingerprint density at radius 3 is 2.28 bits per heavy atom. The van der Waals surface area contributed by atoms with Crippen molar-refractivity contribution in [1.82, 2.24) is 0 Å². The normalized spacial score (nSPS) is 14.0. The maximum atomic E-state index is 10.2. The molecule has 0 radical (unpaired) electrons. The van der Waals surface area contributed by atoms with Crippen LogP contribution in [-0.2, 0) is 0 Å². The molecule has 0 amide bonds. The fourth-order valence-corrected chi connectivity index (χ4v) is 2.43. The number of aliphatic imine (C=N–C) groups is 1. The van der Waals surface area contributed by atoms with Crippen LogP contribution in [0.2, 0.25) is 0 Å². The summed E-state index contributed by atoms with van der Waals surface area (Å²) in [6, 6.07) is 15.4. The molecule has 0 fully saturated rings. The van der Waals surface area contributed by atoms with Gasteiger partial charge in [0.25, 0.3) is 0 Å². The van der Waals surface area contributed by atoms with Gasteiger partial charge in [-0.25, -0.2) is 0 Å². The Balaban J connectivity index is 1.92. The van der Waals surface area contributed by atoms with E-state index in [2.05, 4.69) is 36.3 Å². The first-order valence-electron chi connectivity index (χ1n) is 8.52. The number of aliphatic hydroxyl groups excluding tert-OH is 1. The molecule has 2 unspecified atom stereocenters. The molecule has 2 rings (SSSR count). The highest BCUT2D eigenvalue weighted by molar-refractivity contribution is 5.92. The Labute approximate surface area is 149 Å². The lowest BCUT2D eigenvalue weighted by molar-refractivity contribution is 0.187. The van der Waals surface area contributed by atoms with Gasteiger partial charge in [0.15, 0.2) is 5.96 Å². The van der Waals surface area contributed by atoms with Crippen LogP contribution in [-0.4, -0.2) is 24.7 Å². The second-order valence-electron chi connectivity index (χ2n) is 6.07. The maximum absolute atomic E-state index is 10.2. The predicted octanol–water partition coefficient (Wildman–Crippen LogP) is 3.67. The summed E-state index contributed by atoms with van der Waals surface area (Å²) in [6.07, 6.45) is 0.402. The maximum Gasteiger partial charge on any atom is 0.193 e. The highest BCUT2D eigenvalue weighted by atomic mass is 16.5. The Kier molecular flexibility index (Phi) is 6.83. The van der Waals surface area contributed by atoms with Gasteiger partial charge in [-0.3, -0.25) is 4.99 Å². The fraction of sp³-hybridized carbons (Fsp3) is 0.350. The number of anilines is 1. The lowest BCUT2D eigenvalue weighted by Gasteiger charge is -2.12. The summed E-state index contributed by atoms with van der Waals surface area (Å²) in [5.41, 5.74) is 8.87. The molecular weight excluding hydrogens is 314 g/mol. The quantitative estimate of drug-likeness (QED) is 0.530. The molecule has 2 aromatic rings. The lowest BCUT2D eigenvalue weighted by atomic mass is 9.99. The number of rotatable bonds is 7. The number of guanidine groups is 1. The number of hydrogen-bond donors (Lipinski definition) is 3. The first kappa shape index (κ1) is 18.8. The average Bonchev–Trinajstić information content (AvgIpc) is 2.66. The number of benzene rings is 2. The molecule has 0 aliphatic heterocycles. The fourth-order valence-electron chi connectivity index (χ4n) is 2.43. The van der Waals surface area contributed by atoms with Crippen molar-refractivity contribution in [2.24, 2.45) is 10.7 Å². The van der Waals surface area contributed by atoms with Gasteiger partial charge in [0.2, 0.25) is 0 Å². The molecule has 0 saturated carbocycles. The molecule has 5 nitrogen and oxygen atoms in total. The smallest absolute Gasteiger partial charge is 0.193 e. The number of nitrogens with two attached hydrogens (primary N) is 1. The Hall–Kier alpha value is -2.53. The molecule has 0 aliphatic carbocycles. The molecule has 0 heterocycles. The molecular formula is C20H27N3O2. The highest BCUT2D eigenvalue weighted by Crippen LogP contribution is 2.20. The minimum atomic E-state index is -0.709. The Morgan fingerprint density at radius 2 is 1.72 bits per heavy atom. The number of nitrogens with zero attached hydrogens (tertiary/aromatic N) is 1. The van der Waals surface area contributed by atoms with Gasteiger partial charge in [-0.2, -0.15) is 0 Å². The minimum absolute atomic E-state index is 0.191. The summed E-state index contributed by atoms with van der Waals surface area (Å²) in [4.78, 5) is 4.21. The van der Waals surface area contributed by atoms with E-state index in [9.17, 15) is 5.11 Å². The van der Waals surface area contributed by atoms with Crippen LogP contribution in [0.15, 0.2) is 53.5 Å². The monoisotopic (exact) mass is 341 g/mol. The van der Waals surface area contributed by atoms with E-state index in [-0.39, 0.29) is 12.5 Å². The minimum Gasteiger partial charge on any atom is -0.497 e. The molecule has 5 heteroatoms. The van der Waals surface area contributed by atoms with Crippen molar-refractivity contribution >= 4 is 11.6 Å². The second kappa shape index (κ2) is 9.08. The zero-order valence-electron chi connectivity index (χ0n) is 15.1.